The number of para-hydroxylation sites is 1. The quantitative estimate of drug-likeness (QED) is 0.833. The maximum Gasteiger partial charge on any atom is 0.153 e. The van der Waals surface area contributed by atoms with Crippen molar-refractivity contribution in [2.75, 3.05) is 0 Å². The van der Waals surface area contributed by atoms with Gasteiger partial charge in [-0.05, 0) is 25.0 Å². The number of rotatable bonds is 1. The molecule has 0 saturated heterocycles. The largest absolute Gasteiger partial charge is 0.507 e. The maximum atomic E-state index is 9.96. The van der Waals surface area contributed by atoms with Crippen LogP contribution in [-0.4, -0.2) is 19.8 Å². The van der Waals surface area contributed by atoms with Crippen molar-refractivity contribution in [3.05, 3.63) is 35.1 Å². The van der Waals surface area contributed by atoms with Crippen LogP contribution in [0.15, 0.2) is 24.3 Å². The summed E-state index contributed by atoms with van der Waals surface area (Å²) in [5.74, 6) is 0.786. The lowest BCUT2D eigenvalue weighted by Crippen LogP contribution is -2.15. The van der Waals surface area contributed by atoms with Gasteiger partial charge in [-0.3, -0.25) is 0 Å². The number of fused-ring (bicyclic) bond motifs is 1. The predicted molar refractivity (Wildman–Crippen MR) is 68.5 cm³/mol. The number of aliphatic hydroxyl groups excluding tert-OH is 1. The summed E-state index contributed by atoms with van der Waals surface area (Å²) >= 11 is 6.09. The molecule has 2 aromatic rings. The van der Waals surface area contributed by atoms with Gasteiger partial charge in [0.05, 0.1) is 17.4 Å². The van der Waals surface area contributed by atoms with Crippen molar-refractivity contribution >= 4 is 11.6 Å². The molecule has 0 aliphatic carbocycles. The minimum atomic E-state index is -0.571. The number of phenolic OH excluding ortho intramolecular Hbond substituents is 1. The van der Waals surface area contributed by atoms with Gasteiger partial charge in [-0.1, -0.05) is 23.7 Å². The molecule has 0 radical (unpaired) electrons. The zero-order valence-corrected chi connectivity index (χ0v) is 10.4. The fraction of sp³-hybridized carbons (Fsp3) is 0.308. The van der Waals surface area contributed by atoms with Crippen LogP contribution in [0.3, 0.4) is 0 Å². The first-order valence-corrected chi connectivity index (χ1v) is 6.28. The SMILES string of the molecule is Oc1ccccc1-c1nc(Cl)c2n1CCCC2O. The van der Waals surface area contributed by atoms with Crippen LogP contribution in [-0.2, 0) is 6.54 Å². The maximum absolute atomic E-state index is 9.96. The highest BCUT2D eigenvalue weighted by Gasteiger charge is 2.26. The summed E-state index contributed by atoms with van der Waals surface area (Å²) in [7, 11) is 0. The minimum absolute atomic E-state index is 0.169. The number of phenols is 1. The van der Waals surface area contributed by atoms with Crippen molar-refractivity contribution in [2.24, 2.45) is 0 Å². The number of halogens is 1. The molecule has 1 aliphatic rings. The van der Waals surface area contributed by atoms with Gasteiger partial charge in [0.1, 0.15) is 11.6 Å². The number of benzene rings is 1. The summed E-state index contributed by atoms with van der Waals surface area (Å²) in [4.78, 5) is 4.28. The van der Waals surface area contributed by atoms with E-state index in [1.807, 2.05) is 10.6 Å². The molecular weight excluding hydrogens is 252 g/mol. The summed E-state index contributed by atoms with van der Waals surface area (Å²) in [6.07, 6.45) is 1.01. The average molecular weight is 265 g/mol. The smallest absolute Gasteiger partial charge is 0.153 e. The number of aromatic hydroxyl groups is 1. The van der Waals surface area contributed by atoms with E-state index in [9.17, 15) is 10.2 Å². The molecule has 1 aliphatic heterocycles. The highest BCUT2D eigenvalue weighted by atomic mass is 35.5. The van der Waals surface area contributed by atoms with E-state index in [-0.39, 0.29) is 5.75 Å². The fourth-order valence-electron chi connectivity index (χ4n) is 2.43. The zero-order chi connectivity index (χ0) is 12.7. The van der Waals surface area contributed by atoms with Crippen molar-refractivity contribution in [1.29, 1.82) is 0 Å². The van der Waals surface area contributed by atoms with E-state index < -0.39 is 6.10 Å². The van der Waals surface area contributed by atoms with Crippen molar-refractivity contribution < 1.29 is 10.2 Å². The second-order valence-electron chi connectivity index (χ2n) is 4.44. The first-order valence-electron chi connectivity index (χ1n) is 5.91. The summed E-state index contributed by atoms with van der Waals surface area (Å²) in [6, 6.07) is 7.01. The van der Waals surface area contributed by atoms with Crippen LogP contribution < -0.4 is 0 Å². The van der Waals surface area contributed by atoms with Gasteiger partial charge in [-0.2, -0.15) is 0 Å². The molecule has 1 aromatic heterocycles. The molecule has 0 amide bonds. The van der Waals surface area contributed by atoms with Gasteiger partial charge < -0.3 is 14.8 Å². The molecule has 5 heteroatoms. The number of imidazole rings is 1. The Morgan fingerprint density at radius 1 is 1.33 bits per heavy atom. The van der Waals surface area contributed by atoms with Gasteiger partial charge in [-0.15, -0.1) is 0 Å². The lowest BCUT2D eigenvalue weighted by Gasteiger charge is -2.21. The molecule has 0 fully saturated rings. The molecule has 1 unspecified atom stereocenters. The van der Waals surface area contributed by atoms with Gasteiger partial charge in [-0.25, -0.2) is 4.98 Å². The van der Waals surface area contributed by atoms with Gasteiger partial charge in [0.15, 0.2) is 5.15 Å². The molecule has 0 spiro atoms. The van der Waals surface area contributed by atoms with Crippen molar-refractivity contribution in [2.45, 2.75) is 25.5 Å². The van der Waals surface area contributed by atoms with Crippen LogP contribution in [0.25, 0.3) is 11.4 Å². The molecule has 0 saturated carbocycles. The van der Waals surface area contributed by atoms with Gasteiger partial charge in [0, 0.05) is 6.54 Å². The molecule has 1 aromatic carbocycles. The topological polar surface area (TPSA) is 58.3 Å². The van der Waals surface area contributed by atoms with Gasteiger partial charge in [0.2, 0.25) is 0 Å². The fourth-order valence-corrected chi connectivity index (χ4v) is 2.74. The molecule has 18 heavy (non-hydrogen) atoms. The van der Waals surface area contributed by atoms with E-state index in [0.29, 0.717) is 28.7 Å². The number of aliphatic hydroxyl groups is 1. The summed E-state index contributed by atoms with van der Waals surface area (Å²) < 4.78 is 1.89. The van der Waals surface area contributed by atoms with E-state index in [2.05, 4.69) is 4.98 Å². The lowest BCUT2D eigenvalue weighted by atomic mass is 10.1. The molecular formula is C13H13ClN2O2. The van der Waals surface area contributed by atoms with Crippen LogP contribution in [0.2, 0.25) is 5.15 Å². The van der Waals surface area contributed by atoms with E-state index >= 15 is 0 Å². The van der Waals surface area contributed by atoms with Crippen molar-refractivity contribution in [3.63, 3.8) is 0 Å². The molecule has 1 atom stereocenters. The third kappa shape index (κ3) is 1.69. The first kappa shape index (κ1) is 11.6. The Labute approximate surface area is 109 Å². The minimum Gasteiger partial charge on any atom is -0.507 e. The second kappa shape index (κ2) is 4.30. The Morgan fingerprint density at radius 2 is 2.11 bits per heavy atom. The van der Waals surface area contributed by atoms with Crippen molar-refractivity contribution in [3.8, 4) is 17.1 Å². The van der Waals surface area contributed by atoms with Gasteiger partial charge >= 0.3 is 0 Å². The number of nitrogens with zero attached hydrogens (tertiary/aromatic N) is 2. The Morgan fingerprint density at radius 3 is 2.89 bits per heavy atom. The normalized spacial score (nSPS) is 18.7. The van der Waals surface area contributed by atoms with Crippen LogP contribution in [0.4, 0.5) is 0 Å². The number of aromatic nitrogens is 2. The highest BCUT2D eigenvalue weighted by molar-refractivity contribution is 6.30. The van der Waals surface area contributed by atoms with E-state index in [1.165, 1.54) is 0 Å². The summed E-state index contributed by atoms with van der Waals surface area (Å²) in [6.45, 7) is 0.760. The lowest BCUT2D eigenvalue weighted by molar-refractivity contribution is 0.139. The van der Waals surface area contributed by atoms with Crippen LogP contribution in [0, 0.1) is 0 Å². The Bertz CT molecular complexity index is 595. The first-order chi connectivity index (χ1) is 8.68. The third-order valence-corrected chi connectivity index (χ3v) is 3.56. The Kier molecular flexibility index (Phi) is 2.76. The number of hydrogen-bond acceptors (Lipinski definition) is 3. The number of hydrogen-bond donors (Lipinski definition) is 2. The zero-order valence-electron chi connectivity index (χ0n) is 9.67. The molecule has 94 valence electrons. The van der Waals surface area contributed by atoms with E-state index in [4.69, 9.17) is 11.6 Å². The Balaban J connectivity index is 2.20. The summed E-state index contributed by atoms with van der Waals surface area (Å²) in [5.41, 5.74) is 1.29. The third-order valence-electron chi connectivity index (χ3n) is 3.28. The summed E-state index contributed by atoms with van der Waals surface area (Å²) in [5, 5.41) is 20.2. The molecule has 2 heterocycles. The van der Waals surface area contributed by atoms with E-state index in [1.54, 1.807) is 18.2 Å². The second-order valence-corrected chi connectivity index (χ2v) is 4.80. The highest BCUT2D eigenvalue weighted by Crippen LogP contribution is 2.37. The molecule has 2 N–H and O–H groups in total. The Hall–Kier alpha value is -1.52. The van der Waals surface area contributed by atoms with Crippen LogP contribution >= 0.6 is 11.6 Å². The van der Waals surface area contributed by atoms with Crippen LogP contribution in [0.5, 0.6) is 5.75 Å². The van der Waals surface area contributed by atoms with Crippen LogP contribution in [0.1, 0.15) is 24.6 Å². The van der Waals surface area contributed by atoms with Gasteiger partial charge in [0.25, 0.3) is 0 Å². The molecule has 0 bridgehead atoms. The van der Waals surface area contributed by atoms with Crippen molar-refractivity contribution in [1.82, 2.24) is 9.55 Å². The monoisotopic (exact) mass is 264 g/mol. The molecule has 4 nitrogen and oxygen atoms in total. The predicted octanol–water partition coefficient (Wildman–Crippen LogP) is 2.74. The molecule has 3 rings (SSSR count). The standard InChI is InChI=1S/C13H13ClN2O2/c14-12-11-10(18)6-3-7-16(11)13(15-12)8-4-1-2-5-9(8)17/h1-2,4-5,10,17-18H,3,6-7H2. The average Bonchev–Trinajstić information content (AvgIpc) is 2.69. The van der Waals surface area contributed by atoms with E-state index in [0.717, 1.165) is 13.0 Å².